The lowest BCUT2D eigenvalue weighted by atomic mass is 9.87. The van der Waals surface area contributed by atoms with Gasteiger partial charge in [0.05, 0.1) is 58.4 Å². The molecule has 0 aliphatic rings. The monoisotopic (exact) mass is 1500 g/mol. The van der Waals surface area contributed by atoms with Crippen molar-refractivity contribution in [2.24, 2.45) is 54.1 Å². The molecule has 0 radical (unpaired) electrons. The van der Waals surface area contributed by atoms with Crippen LogP contribution in [0.3, 0.4) is 0 Å². The van der Waals surface area contributed by atoms with Crippen molar-refractivity contribution in [3.63, 3.8) is 0 Å². The summed E-state index contributed by atoms with van der Waals surface area (Å²) in [6, 6.07) is 7.80. The molecule has 0 N–H and O–H groups in total. The Bertz CT molecular complexity index is 3470. The smallest absolute Gasteiger partial charge is 0.194 e. The number of hydrogen-bond donors (Lipinski definition) is 0. The molecule has 10 aromatic heterocycles. The summed E-state index contributed by atoms with van der Waals surface area (Å²) in [4.78, 5) is 16.4. The van der Waals surface area contributed by atoms with E-state index in [9.17, 15) is 0 Å². The molecule has 0 aliphatic carbocycles. The van der Waals surface area contributed by atoms with E-state index in [-0.39, 0.29) is 16.2 Å². The Morgan fingerprint density at radius 1 is 0.352 bits per heavy atom. The average molecular weight is 1500 g/mol. The molecule has 608 valence electrons. The zero-order chi connectivity index (χ0) is 83.1. The molecule has 0 unspecified atom stereocenters. The SMILES string of the molecule is CC(C)(C)Cc1ccno1.CC(C)(C)Cc1ccon1.CC(C)(C)Cc1cocn1.Cc1cc(CC(C)(C)C)no1.Cc1cc(CC(C)(C)C)on1.Cc1cnc(CC(C)(C)C)o1.Cc1conc1CC(C)(C)C.Cc1nc(CC(C)(C)C)co1.Cc1ncc(CC(C)(C)C)o1.Cc1noc(C)c1CC(C)(C)C. The van der Waals surface area contributed by atoms with Crippen molar-refractivity contribution in [3.8, 4) is 0 Å². The molecule has 0 atom stereocenters. The molecule has 20 heteroatoms. The van der Waals surface area contributed by atoms with Gasteiger partial charge in [0.25, 0.3) is 0 Å². The van der Waals surface area contributed by atoms with Crippen LogP contribution in [0, 0.1) is 110 Å². The maximum atomic E-state index is 5.35. The number of oxazole rings is 4. The molecule has 10 heterocycles. The Morgan fingerprint density at radius 3 is 1.24 bits per heavy atom. The lowest BCUT2D eigenvalue weighted by Crippen LogP contribution is -2.10. The van der Waals surface area contributed by atoms with Crippen molar-refractivity contribution in [3.05, 3.63) is 178 Å². The molecule has 0 saturated carbocycles. The van der Waals surface area contributed by atoms with Gasteiger partial charge in [-0.1, -0.05) is 239 Å². The highest BCUT2D eigenvalue weighted by atomic mass is 16.5. The van der Waals surface area contributed by atoms with Gasteiger partial charge in [-0.05, 0) is 134 Å². The third-order valence-corrected chi connectivity index (χ3v) is 13.9. The summed E-state index contributed by atoms with van der Waals surface area (Å²) in [6.07, 6.45) is 23.2. The van der Waals surface area contributed by atoms with Gasteiger partial charge in [0, 0.05) is 74.9 Å². The van der Waals surface area contributed by atoms with Crippen molar-refractivity contribution in [1.82, 2.24) is 50.9 Å². The van der Waals surface area contributed by atoms with E-state index in [1.54, 1.807) is 43.6 Å². The standard InChI is InChI=1S/C10H17NO.6C9H15NO.3C8H13NO/c1-7-9(6-10(3,4)5)8(2)12-11-7;1-7-10-8(6-11-7)5-9(2,3)4;1-7-10-6-8(11-7)5-9(2,3)4;1-7-6-10-8(11-7)5-9(2,3)4;1-7-6-11-10-8(7)5-9(2,3)4;1-7-5-8(10-11-7)6-9(2,3)4;1-7-5-8(11-10-7)6-9(2,3)4;1-8(2,3)4-7-5-10-6-9-7;1-8(2,3)6-7-4-5-10-9-7;1-8(2,3)6-7-4-5-9-10-7/h6H2,1-5H3;4*6H,5H2,1-4H3;2*5H,6H2,1-4H3;5-6H,4H2,1-3H3;2*4-5H,6H2,1-3H3. The van der Waals surface area contributed by atoms with E-state index in [1.807, 2.05) is 79.7 Å². The van der Waals surface area contributed by atoms with Crippen molar-refractivity contribution in [1.29, 1.82) is 0 Å². The van der Waals surface area contributed by atoms with Crippen LogP contribution >= 0.6 is 0 Å². The van der Waals surface area contributed by atoms with Crippen LogP contribution in [0.1, 0.15) is 311 Å². The Balaban J connectivity index is 0.000000600. The highest BCUT2D eigenvalue weighted by Gasteiger charge is 2.22. The third-order valence-electron chi connectivity index (χ3n) is 13.9. The predicted octanol–water partition coefficient (Wildman–Crippen LogP) is 25.1. The van der Waals surface area contributed by atoms with Crippen LogP contribution in [-0.4, -0.2) is 50.9 Å². The Kier molecular flexibility index (Phi) is 39.5. The van der Waals surface area contributed by atoms with Crippen molar-refractivity contribution >= 4 is 0 Å². The molecule has 0 amide bonds. The second-order valence-electron chi connectivity index (χ2n) is 40.5. The Labute approximate surface area is 651 Å². The molecule has 0 bridgehead atoms. The van der Waals surface area contributed by atoms with Crippen LogP contribution in [0.25, 0.3) is 0 Å². The van der Waals surface area contributed by atoms with Gasteiger partial charge in [-0.2, -0.15) is 0 Å². The van der Waals surface area contributed by atoms with Crippen molar-refractivity contribution < 1.29 is 44.8 Å². The molecule has 10 rings (SSSR count). The maximum Gasteiger partial charge on any atom is 0.194 e. The molecule has 0 aliphatic heterocycles. The van der Waals surface area contributed by atoms with Gasteiger partial charge in [-0.15, -0.1) is 0 Å². The van der Waals surface area contributed by atoms with Crippen LogP contribution in [0.4, 0.5) is 0 Å². The fourth-order valence-corrected chi connectivity index (χ4v) is 9.91. The number of aromatic nitrogens is 10. The molecule has 108 heavy (non-hydrogen) atoms. The molecule has 0 fully saturated rings. The lowest BCUT2D eigenvalue weighted by molar-refractivity contribution is 0.319. The number of rotatable bonds is 10. The zero-order valence-corrected chi connectivity index (χ0v) is 74.6. The maximum absolute atomic E-state index is 5.35. The van der Waals surface area contributed by atoms with E-state index in [4.69, 9.17) is 44.8 Å². The van der Waals surface area contributed by atoms with Crippen LogP contribution in [0.2, 0.25) is 0 Å². The summed E-state index contributed by atoms with van der Waals surface area (Å²) in [5, 5.41) is 23.1. The molecule has 0 saturated heterocycles. The molecule has 0 spiro atoms. The van der Waals surface area contributed by atoms with Gasteiger partial charge in [0.1, 0.15) is 59.6 Å². The first-order valence-electron chi connectivity index (χ1n) is 38.0. The van der Waals surface area contributed by atoms with Gasteiger partial charge in [0.2, 0.25) is 0 Å². The average Bonchev–Trinajstić information content (AvgIpc) is 1.72. The van der Waals surface area contributed by atoms with E-state index in [2.05, 4.69) is 259 Å². The largest absolute Gasteiger partial charge is 0.451 e. The first kappa shape index (κ1) is 98.1. The highest BCUT2D eigenvalue weighted by molar-refractivity contribution is 5.22. The first-order valence-corrected chi connectivity index (χ1v) is 38.0. The number of hydrogen-bond acceptors (Lipinski definition) is 20. The molecular formula is C88H146N10O10. The summed E-state index contributed by atoms with van der Waals surface area (Å²) in [5.41, 5.74) is 12.6. The minimum atomic E-state index is 0.261. The van der Waals surface area contributed by atoms with Gasteiger partial charge in [0.15, 0.2) is 24.1 Å². The third kappa shape index (κ3) is 53.8. The second kappa shape index (κ2) is 43.5. The van der Waals surface area contributed by atoms with E-state index in [0.717, 1.165) is 162 Å². The van der Waals surface area contributed by atoms with Gasteiger partial charge in [-0.3, -0.25) is 0 Å². The van der Waals surface area contributed by atoms with Crippen LogP contribution in [0.15, 0.2) is 119 Å². The number of nitrogens with zero attached hydrogens (tertiary/aromatic N) is 10. The molecule has 0 aromatic carbocycles. The quantitative estimate of drug-likeness (QED) is 0.123. The van der Waals surface area contributed by atoms with Gasteiger partial charge < -0.3 is 44.8 Å². The van der Waals surface area contributed by atoms with E-state index >= 15 is 0 Å². The van der Waals surface area contributed by atoms with Gasteiger partial charge in [-0.25, -0.2) is 19.9 Å². The minimum Gasteiger partial charge on any atom is -0.451 e. The fourth-order valence-electron chi connectivity index (χ4n) is 9.91. The molecule has 10 aromatic rings. The summed E-state index contributed by atoms with van der Waals surface area (Å²) < 4.78 is 50.3. The Morgan fingerprint density at radius 2 is 0.870 bits per heavy atom. The topological polar surface area (TPSA) is 260 Å². The van der Waals surface area contributed by atoms with Crippen LogP contribution in [0.5, 0.6) is 0 Å². The minimum absolute atomic E-state index is 0.261. The highest BCUT2D eigenvalue weighted by Crippen LogP contribution is 2.28. The molecular weight excluding hydrogens is 1360 g/mol. The fraction of sp³-hybridized carbons (Fsp3) is 0.659. The zero-order valence-electron chi connectivity index (χ0n) is 74.6. The van der Waals surface area contributed by atoms with Gasteiger partial charge >= 0.3 is 0 Å². The van der Waals surface area contributed by atoms with Crippen LogP contribution in [-0.2, 0) is 64.2 Å². The second-order valence-corrected chi connectivity index (χ2v) is 40.5. The van der Waals surface area contributed by atoms with Crippen molar-refractivity contribution in [2.75, 3.05) is 0 Å². The summed E-state index contributed by atoms with van der Waals surface area (Å²) in [5.74, 6) is 8.02. The van der Waals surface area contributed by atoms with Crippen molar-refractivity contribution in [2.45, 2.75) is 327 Å². The van der Waals surface area contributed by atoms with E-state index in [1.165, 1.54) is 12.0 Å². The van der Waals surface area contributed by atoms with E-state index < -0.39 is 0 Å². The van der Waals surface area contributed by atoms with Crippen LogP contribution < -0.4 is 0 Å². The Hall–Kier alpha value is -7.90. The first-order chi connectivity index (χ1) is 49.0. The summed E-state index contributed by atoms with van der Waals surface area (Å²) in [6.45, 7) is 81.2. The number of aryl methyl sites for hydroxylation is 8. The lowest BCUT2D eigenvalue weighted by Gasteiger charge is -2.17. The summed E-state index contributed by atoms with van der Waals surface area (Å²) in [7, 11) is 0. The normalized spacial score (nSPS) is 12.0. The predicted molar refractivity (Wildman–Crippen MR) is 435 cm³/mol. The molecule has 20 nitrogen and oxygen atoms in total. The van der Waals surface area contributed by atoms with E-state index in [0.29, 0.717) is 37.9 Å². The summed E-state index contributed by atoms with van der Waals surface area (Å²) >= 11 is 0.